The lowest BCUT2D eigenvalue weighted by molar-refractivity contribution is -0.121. The van der Waals surface area contributed by atoms with Crippen LogP contribution in [0.2, 0.25) is 0 Å². The number of aryl methyl sites for hydroxylation is 1. The molecule has 1 heterocycles. The van der Waals surface area contributed by atoms with Gasteiger partial charge in [-0.2, -0.15) is 10.2 Å². The average molecular weight is 395 g/mol. The van der Waals surface area contributed by atoms with Crippen LogP contribution >= 0.6 is 15.9 Å². The fourth-order valence-corrected chi connectivity index (χ4v) is 2.40. The summed E-state index contributed by atoms with van der Waals surface area (Å²) in [6.45, 7) is 5.58. The molecule has 1 amide bonds. The number of benzene rings is 1. The molecule has 24 heavy (non-hydrogen) atoms. The van der Waals surface area contributed by atoms with E-state index in [1.165, 1.54) is 13.2 Å². The van der Waals surface area contributed by atoms with Crippen molar-refractivity contribution >= 4 is 27.5 Å². The van der Waals surface area contributed by atoms with Crippen LogP contribution in [0.1, 0.15) is 23.9 Å². The predicted molar refractivity (Wildman–Crippen MR) is 94.4 cm³/mol. The van der Waals surface area contributed by atoms with Crippen molar-refractivity contribution in [2.45, 2.75) is 27.3 Å². The Morgan fingerprint density at radius 1 is 1.46 bits per heavy atom. The van der Waals surface area contributed by atoms with Gasteiger partial charge in [-0.3, -0.25) is 9.48 Å². The minimum atomic E-state index is -0.279. The van der Waals surface area contributed by atoms with Crippen LogP contribution in [0.4, 0.5) is 0 Å². The van der Waals surface area contributed by atoms with E-state index in [0.717, 1.165) is 21.4 Å². The standard InChI is InChI=1S/C16H19BrN4O3/c1-9(12-5-6-13(22)14(7-12)24-4)18-19-15(23)8-21-11(3)16(17)10(2)20-21/h5-7,22H,8H2,1-4H3,(H,19,23). The number of halogens is 1. The van der Waals surface area contributed by atoms with Gasteiger partial charge in [-0.15, -0.1) is 0 Å². The van der Waals surface area contributed by atoms with Crippen molar-refractivity contribution < 1.29 is 14.6 Å². The lowest BCUT2D eigenvalue weighted by atomic mass is 10.1. The second kappa shape index (κ2) is 7.48. The Kier molecular flexibility index (Phi) is 5.61. The second-order valence-electron chi connectivity index (χ2n) is 5.26. The van der Waals surface area contributed by atoms with Crippen LogP contribution in [-0.4, -0.2) is 33.6 Å². The van der Waals surface area contributed by atoms with Crippen molar-refractivity contribution in [3.05, 3.63) is 39.6 Å². The zero-order chi connectivity index (χ0) is 17.9. The maximum Gasteiger partial charge on any atom is 0.261 e. The number of methoxy groups -OCH3 is 1. The number of aromatic nitrogens is 2. The molecule has 7 nitrogen and oxygen atoms in total. The summed E-state index contributed by atoms with van der Waals surface area (Å²) >= 11 is 3.43. The van der Waals surface area contributed by atoms with E-state index < -0.39 is 0 Å². The third-order valence-electron chi connectivity index (χ3n) is 3.53. The van der Waals surface area contributed by atoms with Crippen LogP contribution in [-0.2, 0) is 11.3 Å². The normalized spacial score (nSPS) is 11.5. The van der Waals surface area contributed by atoms with Crippen molar-refractivity contribution in [1.29, 1.82) is 0 Å². The minimum absolute atomic E-state index is 0.0492. The number of aromatic hydroxyl groups is 1. The summed E-state index contributed by atoms with van der Waals surface area (Å²) in [7, 11) is 1.47. The smallest absolute Gasteiger partial charge is 0.261 e. The number of hydrogen-bond acceptors (Lipinski definition) is 5. The zero-order valence-corrected chi connectivity index (χ0v) is 15.5. The summed E-state index contributed by atoms with van der Waals surface area (Å²) in [4.78, 5) is 12.0. The Hall–Kier alpha value is -2.35. The number of nitrogens with zero attached hydrogens (tertiary/aromatic N) is 3. The van der Waals surface area contributed by atoms with Gasteiger partial charge in [-0.25, -0.2) is 5.43 Å². The van der Waals surface area contributed by atoms with E-state index in [2.05, 4.69) is 31.6 Å². The highest BCUT2D eigenvalue weighted by Crippen LogP contribution is 2.26. The van der Waals surface area contributed by atoms with E-state index in [9.17, 15) is 9.90 Å². The molecule has 8 heteroatoms. The quantitative estimate of drug-likeness (QED) is 0.602. The molecule has 0 atom stereocenters. The van der Waals surface area contributed by atoms with Crippen molar-refractivity contribution in [2.75, 3.05) is 7.11 Å². The topological polar surface area (TPSA) is 88.7 Å². The van der Waals surface area contributed by atoms with Crippen LogP contribution in [0, 0.1) is 13.8 Å². The number of phenolic OH excluding ortho intramolecular Hbond substituents is 1. The van der Waals surface area contributed by atoms with Gasteiger partial charge in [0.25, 0.3) is 5.91 Å². The third kappa shape index (κ3) is 3.94. The lowest BCUT2D eigenvalue weighted by Crippen LogP contribution is -2.25. The van der Waals surface area contributed by atoms with Gasteiger partial charge in [0, 0.05) is 5.56 Å². The summed E-state index contributed by atoms with van der Waals surface area (Å²) in [5.41, 5.74) is 5.55. The Bertz CT molecular complexity index is 799. The first-order valence-corrected chi connectivity index (χ1v) is 8.02. The molecule has 1 aromatic heterocycles. The monoisotopic (exact) mass is 394 g/mol. The van der Waals surface area contributed by atoms with Crippen molar-refractivity contribution in [1.82, 2.24) is 15.2 Å². The number of phenols is 1. The Labute approximate surface area is 148 Å². The molecule has 2 aromatic rings. The van der Waals surface area contributed by atoms with Gasteiger partial charge in [-0.05, 0) is 54.9 Å². The first-order valence-electron chi connectivity index (χ1n) is 7.23. The molecule has 128 valence electrons. The summed E-state index contributed by atoms with van der Waals surface area (Å²) in [6, 6.07) is 4.86. The number of rotatable bonds is 5. The van der Waals surface area contributed by atoms with E-state index in [4.69, 9.17) is 4.74 Å². The Morgan fingerprint density at radius 2 is 2.17 bits per heavy atom. The number of hydrazone groups is 1. The van der Waals surface area contributed by atoms with E-state index in [-0.39, 0.29) is 18.2 Å². The highest BCUT2D eigenvalue weighted by atomic mass is 79.9. The molecule has 0 radical (unpaired) electrons. The molecule has 0 aliphatic carbocycles. The number of hydrogen-bond donors (Lipinski definition) is 2. The Morgan fingerprint density at radius 3 is 2.75 bits per heavy atom. The van der Waals surface area contributed by atoms with E-state index >= 15 is 0 Å². The first kappa shape index (κ1) is 18.0. The summed E-state index contributed by atoms with van der Waals surface area (Å²) in [5, 5.41) is 18.0. The van der Waals surface area contributed by atoms with Gasteiger partial charge in [0.2, 0.25) is 0 Å². The summed E-state index contributed by atoms with van der Waals surface area (Å²) in [5.74, 6) is 0.118. The van der Waals surface area contributed by atoms with E-state index in [0.29, 0.717) is 11.5 Å². The number of ether oxygens (including phenoxy) is 1. The van der Waals surface area contributed by atoms with Crippen molar-refractivity contribution in [2.24, 2.45) is 5.10 Å². The van der Waals surface area contributed by atoms with Gasteiger partial charge >= 0.3 is 0 Å². The summed E-state index contributed by atoms with van der Waals surface area (Å²) < 4.78 is 7.57. The SMILES string of the molecule is COc1cc(C(C)=NNC(=O)Cn2nc(C)c(Br)c2C)ccc1O. The molecule has 1 aromatic carbocycles. The highest BCUT2D eigenvalue weighted by Gasteiger charge is 2.12. The molecule has 0 spiro atoms. The molecular weight excluding hydrogens is 376 g/mol. The lowest BCUT2D eigenvalue weighted by Gasteiger charge is -2.07. The average Bonchev–Trinajstić information content (AvgIpc) is 2.80. The fraction of sp³-hybridized carbons (Fsp3) is 0.312. The van der Waals surface area contributed by atoms with E-state index in [1.54, 1.807) is 23.7 Å². The van der Waals surface area contributed by atoms with Gasteiger partial charge < -0.3 is 9.84 Å². The highest BCUT2D eigenvalue weighted by molar-refractivity contribution is 9.10. The van der Waals surface area contributed by atoms with Crippen molar-refractivity contribution in [3.63, 3.8) is 0 Å². The van der Waals surface area contributed by atoms with Crippen LogP contribution in [0.5, 0.6) is 11.5 Å². The maximum atomic E-state index is 12.0. The fourth-order valence-electron chi connectivity index (χ4n) is 2.11. The molecule has 0 bridgehead atoms. The molecule has 0 aliphatic rings. The van der Waals surface area contributed by atoms with Gasteiger partial charge in [-0.1, -0.05) is 0 Å². The van der Waals surface area contributed by atoms with Crippen LogP contribution < -0.4 is 10.2 Å². The second-order valence-corrected chi connectivity index (χ2v) is 6.05. The van der Waals surface area contributed by atoms with Gasteiger partial charge in [0.05, 0.1) is 28.7 Å². The van der Waals surface area contributed by atoms with Gasteiger partial charge in [0.15, 0.2) is 11.5 Å². The van der Waals surface area contributed by atoms with Gasteiger partial charge in [0.1, 0.15) is 6.54 Å². The number of nitrogens with one attached hydrogen (secondary N) is 1. The van der Waals surface area contributed by atoms with Crippen LogP contribution in [0.15, 0.2) is 27.8 Å². The third-order valence-corrected chi connectivity index (χ3v) is 4.68. The molecule has 0 saturated heterocycles. The molecule has 0 unspecified atom stereocenters. The van der Waals surface area contributed by atoms with Crippen LogP contribution in [0.25, 0.3) is 0 Å². The Balaban J connectivity index is 2.06. The minimum Gasteiger partial charge on any atom is -0.504 e. The number of amides is 1. The zero-order valence-electron chi connectivity index (χ0n) is 13.9. The summed E-state index contributed by atoms with van der Waals surface area (Å²) in [6.07, 6.45) is 0. The molecule has 2 N–H and O–H groups in total. The maximum absolute atomic E-state index is 12.0. The first-order chi connectivity index (χ1) is 11.3. The molecule has 2 rings (SSSR count). The molecule has 0 saturated carbocycles. The molecule has 0 fully saturated rings. The predicted octanol–water partition coefficient (Wildman–Crippen LogP) is 2.52. The molecule has 0 aliphatic heterocycles. The molecular formula is C16H19BrN4O3. The number of carbonyl (C=O) groups is 1. The van der Waals surface area contributed by atoms with Crippen LogP contribution in [0.3, 0.4) is 0 Å². The largest absolute Gasteiger partial charge is 0.504 e. The number of carbonyl (C=O) groups excluding carboxylic acids is 1. The van der Waals surface area contributed by atoms with Crippen molar-refractivity contribution in [3.8, 4) is 11.5 Å². The van der Waals surface area contributed by atoms with E-state index in [1.807, 2.05) is 13.8 Å².